The molecular weight excluding hydrogens is 264 g/mol. The number of alkyl halides is 2. The number of hydrogen-bond acceptors (Lipinski definition) is 3. The lowest BCUT2D eigenvalue weighted by Gasteiger charge is -2.21. The van der Waals surface area contributed by atoms with Crippen molar-refractivity contribution in [2.75, 3.05) is 20.8 Å². The third-order valence-electron chi connectivity index (χ3n) is 3.71. The van der Waals surface area contributed by atoms with Gasteiger partial charge in [-0.05, 0) is 43.5 Å². The molecule has 0 aliphatic carbocycles. The van der Waals surface area contributed by atoms with Gasteiger partial charge in [-0.25, -0.2) is 8.78 Å². The SMILES string of the molecule is COc1cc(CC2CCCN2)c(C(C)(F)F)cc1OC. The summed E-state index contributed by atoms with van der Waals surface area (Å²) >= 11 is 0. The molecule has 1 atom stereocenters. The largest absolute Gasteiger partial charge is 0.493 e. The topological polar surface area (TPSA) is 30.5 Å². The summed E-state index contributed by atoms with van der Waals surface area (Å²) in [7, 11) is 2.97. The maximum Gasteiger partial charge on any atom is 0.270 e. The molecule has 1 unspecified atom stereocenters. The third-order valence-corrected chi connectivity index (χ3v) is 3.71. The Balaban J connectivity index is 2.40. The van der Waals surface area contributed by atoms with E-state index in [-0.39, 0.29) is 11.6 Å². The lowest BCUT2D eigenvalue weighted by atomic mass is 9.95. The standard InChI is InChI=1S/C15H21F2NO2/c1-15(16,17)12-9-14(20-3)13(19-2)8-10(12)7-11-5-4-6-18-11/h8-9,11,18H,4-7H2,1-3H3. The lowest BCUT2D eigenvalue weighted by molar-refractivity contribution is 0.0162. The Hall–Kier alpha value is -1.36. The highest BCUT2D eigenvalue weighted by atomic mass is 19.3. The molecule has 0 saturated carbocycles. The maximum atomic E-state index is 13.8. The molecule has 0 bridgehead atoms. The highest BCUT2D eigenvalue weighted by Gasteiger charge is 2.30. The quantitative estimate of drug-likeness (QED) is 0.901. The van der Waals surface area contributed by atoms with Gasteiger partial charge in [0.05, 0.1) is 14.2 Å². The van der Waals surface area contributed by atoms with Crippen LogP contribution in [0.3, 0.4) is 0 Å². The second-order valence-corrected chi connectivity index (χ2v) is 5.25. The molecule has 1 aliphatic heterocycles. The number of halogens is 2. The summed E-state index contributed by atoms with van der Waals surface area (Å²) in [5.41, 5.74) is 0.637. The molecule has 1 heterocycles. The number of rotatable bonds is 5. The summed E-state index contributed by atoms with van der Waals surface area (Å²) in [6.45, 7) is 1.87. The van der Waals surface area contributed by atoms with Crippen LogP contribution in [0.2, 0.25) is 0 Å². The van der Waals surface area contributed by atoms with Crippen molar-refractivity contribution in [3.8, 4) is 11.5 Å². The zero-order valence-electron chi connectivity index (χ0n) is 12.1. The molecule has 2 rings (SSSR count). The van der Waals surface area contributed by atoms with Gasteiger partial charge >= 0.3 is 0 Å². The van der Waals surface area contributed by atoms with E-state index in [1.54, 1.807) is 6.07 Å². The Morgan fingerprint density at radius 1 is 1.25 bits per heavy atom. The molecule has 1 saturated heterocycles. The molecule has 0 aromatic heterocycles. The molecule has 20 heavy (non-hydrogen) atoms. The van der Waals surface area contributed by atoms with Crippen LogP contribution in [0.15, 0.2) is 12.1 Å². The molecule has 112 valence electrons. The zero-order chi connectivity index (χ0) is 14.8. The second-order valence-electron chi connectivity index (χ2n) is 5.25. The summed E-state index contributed by atoms with van der Waals surface area (Å²) in [6.07, 6.45) is 2.69. The predicted octanol–water partition coefficient (Wildman–Crippen LogP) is 3.11. The first-order valence-corrected chi connectivity index (χ1v) is 6.82. The summed E-state index contributed by atoms with van der Waals surface area (Å²) in [5, 5.41) is 3.33. The molecule has 3 nitrogen and oxygen atoms in total. The highest BCUT2D eigenvalue weighted by molar-refractivity contribution is 5.49. The van der Waals surface area contributed by atoms with Crippen LogP contribution in [0, 0.1) is 0 Å². The molecule has 0 spiro atoms. The summed E-state index contributed by atoms with van der Waals surface area (Å²) in [5.74, 6) is -2.06. The zero-order valence-corrected chi connectivity index (χ0v) is 12.1. The monoisotopic (exact) mass is 285 g/mol. The van der Waals surface area contributed by atoms with Gasteiger partial charge in [0.15, 0.2) is 11.5 Å². The minimum absolute atomic E-state index is 0.0175. The van der Waals surface area contributed by atoms with Gasteiger partial charge in [-0.15, -0.1) is 0 Å². The molecule has 0 amide bonds. The molecule has 1 aromatic rings. The molecule has 0 radical (unpaired) electrons. The van der Waals surface area contributed by atoms with E-state index >= 15 is 0 Å². The van der Waals surface area contributed by atoms with Crippen molar-refractivity contribution in [3.63, 3.8) is 0 Å². The van der Waals surface area contributed by atoms with Gasteiger partial charge in [0.2, 0.25) is 0 Å². The van der Waals surface area contributed by atoms with Crippen LogP contribution in [0.1, 0.15) is 30.9 Å². The van der Waals surface area contributed by atoms with E-state index in [0.29, 0.717) is 23.5 Å². The molecule has 5 heteroatoms. The Labute approximate surface area is 118 Å². The van der Waals surface area contributed by atoms with E-state index < -0.39 is 5.92 Å². The second kappa shape index (κ2) is 5.95. The first kappa shape index (κ1) is 15.0. The van der Waals surface area contributed by atoms with Crippen molar-refractivity contribution in [2.45, 2.75) is 38.2 Å². The first-order valence-electron chi connectivity index (χ1n) is 6.82. The van der Waals surface area contributed by atoms with Gasteiger partial charge in [-0.3, -0.25) is 0 Å². The van der Waals surface area contributed by atoms with E-state index in [1.807, 2.05) is 0 Å². The minimum Gasteiger partial charge on any atom is -0.493 e. The van der Waals surface area contributed by atoms with E-state index in [2.05, 4.69) is 5.32 Å². The number of methoxy groups -OCH3 is 2. The molecule has 1 fully saturated rings. The highest BCUT2D eigenvalue weighted by Crippen LogP contribution is 2.38. The van der Waals surface area contributed by atoms with Crippen LogP contribution in [0.25, 0.3) is 0 Å². The Morgan fingerprint density at radius 3 is 2.40 bits per heavy atom. The fraction of sp³-hybridized carbons (Fsp3) is 0.600. The molecule has 1 N–H and O–H groups in total. The predicted molar refractivity (Wildman–Crippen MR) is 73.8 cm³/mol. The fourth-order valence-electron chi connectivity index (χ4n) is 2.70. The minimum atomic E-state index is -2.90. The Morgan fingerprint density at radius 2 is 1.90 bits per heavy atom. The van der Waals surface area contributed by atoms with E-state index in [9.17, 15) is 8.78 Å². The van der Waals surface area contributed by atoms with E-state index in [4.69, 9.17) is 9.47 Å². The van der Waals surface area contributed by atoms with Crippen molar-refractivity contribution in [1.29, 1.82) is 0 Å². The van der Waals surface area contributed by atoms with Crippen molar-refractivity contribution < 1.29 is 18.3 Å². The molecule has 1 aromatic carbocycles. The van der Waals surface area contributed by atoms with Crippen LogP contribution in [-0.2, 0) is 12.3 Å². The Bertz CT molecular complexity index is 466. The third kappa shape index (κ3) is 3.20. The summed E-state index contributed by atoms with van der Waals surface area (Å²) in [4.78, 5) is 0. The van der Waals surface area contributed by atoms with Crippen molar-refractivity contribution in [1.82, 2.24) is 5.32 Å². The van der Waals surface area contributed by atoms with Crippen LogP contribution in [-0.4, -0.2) is 26.8 Å². The maximum absolute atomic E-state index is 13.8. The smallest absolute Gasteiger partial charge is 0.270 e. The van der Waals surface area contributed by atoms with Gasteiger partial charge in [-0.2, -0.15) is 0 Å². The number of hydrogen-bond donors (Lipinski definition) is 1. The van der Waals surface area contributed by atoms with Crippen LogP contribution >= 0.6 is 0 Å². The van der Waals surface area contributed by atoms with Crippen molar-refractivity contribution in [2.24, 2.45) is 0 Å². The van der Waals surface area contributed by atoms with E-state index in [0.717, 1.165) is 26.3 Å². The molecular formula is C15H21F2NO2. The van der Waals surface area contributed by atoms with Gasteiger partial charge in [0.1, 0.15) is 0 Å². The van der Waals surface area contributed by atoms with Crippen LogP contribution in [0.4, 0.5) is 8.78 Å². The average Bonchev–Trinajstić information content (AvgIpc) is 2.89. The van der Waals surface area contributed by atoms with Crippen LogP contribution in [0.5, 0.6) is 11.5 Å². The summed E-state index contributed by atoms with van der Waals surface area (Å²) < 4.78 is 38.0. The number of benzene rings is 1. The van der Waals surface area contributed by atoms with Gasteiger partial charge in [-0.1, -0.05) is 0 Å². The number of nitrogens with one attached hydrogen (secondary N) is 1. The van der Waals surface area contributed by atoms with E-state index in [1.165, 1.54) is 20.3 Å². The van der Waals surface area contributed by atoms with Gasteiger partial charge in [0, 0.05) is 18.5 Å². The van der Waals surface area contributed by atoms with Crippen molar-refractivity contribution >= 4 is 0 Å². The Kier molecular flexibility index (Phi) is 4.48. The first-order chi connectivity index (χ1) is 9.45. The lowest BCUT2D eigenvalue weighted by Crippen LogP contribution is -2.25. The van der Waals surface area contributed by atoms with Gasteiger partial charge < -0.3 is 14.8 Å². The van der Waals surface area contributed by atoms with Crippen molar-refractivity contribution in [3.05, 3.63) is 23.3 Å². The fourth-order valence-corrected chi connectivity index (χ4v) is 2.70. The number of ether oxygens (including phenoxy) is 2. The summed E-state index contributed by atoms with van der Waals surface area (Å²) in [6, 6.07) is 3.32. The average molecular weight is 285 g/mol. The van der Waals surface area contributed by atoms with Crippen LogP contribution < -0.4 is 14.8 Å². The normalized spacial score (nSPS) is 19.1. The van der Waals surface area contributed by atoms with Gasteiger partial charge in [0.25, 0.3) is 5.92 Å². The molecule has 1 aliphatic rings.